The third-order valence-corrected chi connectivity index (χ3v) is 2.39. The van der Waals surface area contributed by atoms with Crippen molar-refractivity contribution >= 4 is 11.6 Å². The van der Waals surface area contributed by atoms with Crippen molar-refractivity contribution in [3.8, 4) is 6.07 Å². The fraction of sp³-hybridized carbons (Fsp3) is 0.364. The number of nitriles is 1. The summed E-state index contributed by atoms with van der Waals surface area (Å²) in [6.07, 6.45) is 1.55. The Kier molecular flexibility index (Phi) is 3.79. The lowest BCUT2D eigenvalue weighted by Gasteiger charge is -2.10. The molecule has 0 N–H and O–H groups in total. The van der Waals surface area contributed by atoms with Crippen molar-refractivity contribution in [2.75, 3.05) is 0 Å². The van der Waals surface area contributed by atoms with Crippen LogP contribution in [0.2, 0.25) is 5.02 Å². The van der Waals surface area contributed by atoms with Crippen molar-refractivity contribution in [2.45, 2.75) is 25.7 Å². The van der Waals surface area contributed by atoms with Crippen molar-refractivity contribution in [1.82, 2.24) is 0 Å². The lowest BCUT2D eigenvalue weighted by atomic mass is 9.94. The molecule has 1 nitrogen and oxygen atoms in total. The molecule has 13 heavy (non-hydrogen) atoms. The highest BCUT2D eigenvalue weighted by Crippen LogP contribution is 2.24. The number of halogens is 1. The molecule has 0 spiro atoms. The smallest absolute Gasteiger partial charge is 0.0628 e. The molecule has 1 unspecified atom stereocenters. The Bertz CT molecular complexity index is 314. The van der Waals surface area contributed by atoms with Gasteiger partial charge in [0.15, 0.2) is 0 Å². The number of nitrogens with zero attached hydrogens (tertiary/aromatic N) is 1. The van der Waals surface area contributed by atoms with Crippen molar-refractivity contribution < 1.29 is 0 Å². The first kappa shape index (κ1) is 10.1. The molecule has 0 aliphatic heterocycles. The molecular weight excluding hydrogens is 182 g/mol. The predicted octanol–water partition coefficient (Wildman–Crippen LogP) is 3.75. The van der Waals surface area contributed by atoms with Gasteiger partial charge in [-0.05, 0) is 30.0 Å². The second kappa shape index (κ2) is 4.89. The molecule has 68 valence electrons. The summed E-state index contributed by atoms with van der Waals surface area (Å²) < 4.78 is 0. The molecule has 0 fully saturated rings. The van der Waals surface area contributed by atoms with Gasteiger partial charge in [-0.1, -0.05) is 30.7 Å². The van der Waals surface area contributed by atoms with E-state index in [1.807, 2.05) is 24.3 Å². The normalized spacial score (nSPS) is 12.1. The zero-order chi connectivity index (χ0) is 9.68. The number of hydrogen-bond acceptors (Lipinski definition) is 1. The highest BCUT2D eigenvalue weighted by molar-refractivity contribution is 6.30. The molecule has 2 heteroatoms. The van der Waals surface area contributed by atoms with E-state index >= 15 is 0 Å². The summed E-state index contributed by atoms with van der Waals surface area (Å²) in [5, 5.41) is 9.36. The Hall–Kier alpha value is -1.00. The fourth-order valence-corrected chi connectivity index (χ4v) is 1.57. The average Bonchev–Trinajstić information content (AvgIpc) is 2.14. The van der Waals surface area contributed by atoms with E-state index in [0.717, 1.165) is 17.0 Å². The summed E-state index contributed by atoms with van der Waals surface area (Å²) in [4.78, 5) is 0. The topological polar surface area (TPSA) is 23.8 Å². The van der Waals surface area contributed by atoms with E-state index in [-0.39, 0.29) is 0 Å². The molecule has 0 radical (unpaired) electrons. The molecule has 0 amide bonds. The van der Waals surface area contributed by atoms with Gasteiger partial charge < -0.3 is 0 Å². The van der Waals surface area contributed by atoms with Crippen molar-refractivity contribution in [3.05, 3.63) is 34.9 Å². The summed E-state index contributed by atoms with van der Waals surface area (Å²) in [5.41, 5.74) is 1.16. The number of hydrogen-bond donors (Lipinski definition) is 0. The zero-order valence-electron chi connectivity index (χ0n) is 7.63. The highest BCUT2D eigenvalue weighted by Gasteiger charge is 2.08. The second-order valence-electron chi connectivity index (χ2n) is 3.02. The third kappa shape index (κ3) is 2.75. The van der Waals surface area contributed by atoms with Gasteiger partial charge in [0.2, 0.25) is 0 Å². The van der Waals surface area contributed by atoms with Crippen LogP contribution in [-0.2, 0) is 0 Å². The summed E-state index contributed by atoms with van der Waals surface area (Å²) in [7, 11) is 0. The van der Waals surface area contributed by atoms with Gasteiger partial charge in [0, 0.05) is 11.4 Å². The van der Waals surface area contributed by atoms with Crippen LogP contribution in [0, 0.1) is 11.3 Å². The molecule has 0 saturated heterocycles. The van der Waals surface area contributed by atoms with Gasteiger partial charge in [-0.2, -0.15) is 5.26 Å². The Morgan fingerprint density at radius 2 is 2.31 bits per heavy atom. The van der Waals surface area contributed by atoms with Gasteiger partial charge >= 0.3 is 0 Å². The van der Waals surface area contributed by atoms with Gasteiger partial charge in [-0.25, -0.2) is 0 Å². The van der Waals surface area contributed by atoms with Crippen LogP contribution in [-0.4, -0.2) is 0 Å². The van der Waals surface area contributed by atoms with Crippen LogP contribution >= 0.6 is 11.6 Å². The van der Waals surface area contributed by atoms with Gasteiger partial charge in [0.05, 0.1) is 6.07 Å². The van der Waals surface area contributed by atoms with Crippen LogP contribution in [0.3, 0.4) is 0 Å². The number of rotatable bonds is 3. The molecule has 0 bridgehead atoms. The van der Waals surface area contributed by atoms with Crippen LogP contribution in [0.4, 0.5) is 0 Å². The maximum absolute atomic E-state index is 8.62. The molecule has 1 aromatic carbocycles. The lowest BCUT2D eigenvalue weighted by Crippen LogP contribution is -1.95. The van der Waals surface area contributed by atoms with E-state index in [0.29, 0.717) is 12.3 Å². The van der Waals surface area contributed by atoms with Gasteiger partial charge in [-0.3, -0.25) is 0 Å². The largest absolute Gasteiger partial charge is 0.198 e. The molecule has 0 aromatic heterocycles. The molecule has 0 saturated carbocycles. The summed E-state index contributed by atoms with van der Waals surface area (Å²) >= 11 is 5.86. The predicted molar refractivity (Wildman–Crippen MR) is 54.7 cm³/mol. The fourth-order valence-electron chi connectivity index (χ4n) is 1.37. The van der Waals surface area contributed by atoms with E-state index in [2.05, 4.69) is 13.0 Å². The quantitative estimate of drug-likeness (QED) is 0.718. The van der Waals surface area contributed by atoms with Gasteiger partial charge in [0.1, 0.15) is 0 Å². The van der Waals surface area contributed by atoms with E-state index in [9.17, 15) is 0 Å². The van der Waals surface area contributed by atoms with Gasteiger partial charge in [-0.15, -0.1) is 0 Å². The van der Waals surface area contributed by atoms with Gasteiger partial charge in [0.25, 0.3) is 0 Å². The highest BCUT2D eigenvalue weighted by atomic mass is 35.5. The molecule has 1 aromatic rings. The Balaban J connectivity index is 2.86. The maximum atomic E-state index is 8.62. The Morgan fingerprint density at radius 1 is 1.54 bits per heavy atom. The van der Waals surface area contributed by atoms with Crippen LogP contribution < -0.4 is 0 Å². The van der Waals surface area contributed by atoms with Crippen molar-refractivity contribution in [2.24, 2.45) is 0 Å². The first-order valence-corrected chi connectivity index (χ1v) is 4.78. The summed E-state index contributed by atoms with van der Waals surface area (Å²) in [6, 6.07) is 9.94. The first-order chi connectivity index (χ1) is 6.27. The van der Waals surface area contributed by atoms with E-state index < -0.39 is 0 Å². The van der Waals surface area contributed by atoms with E-state index in [1.165, 1.54) is 0 Å². The first-order valence-electron chi connectivity index (χ1n) is 4.40. The summed E-state index contributed by atoms with van der Waals surface area (Å²) in [5.74, 6) is 0.323. The minimum atomic E-state index is 0.323. The molecule has 0 aliphatic rings. The minimum absolute atomic E-state index is 0.323. The average molecular weight is 194 g/mol. The Labute approximate surface area is 84.0 Å². The maximum Gasteiger partial charge on any atom is 0.0628 e. The molecule has 1 rings (SSSR count). The second-order valence-corrected chi connectivity index (χ2v) is 3.46. The van der Waals surface area contributed by atoms with Crippen LogP contribution in [0.5, 0.6) is 0 Å². The van der Waals surface area contributed by atoms with E-state index in [4.69, 9.17) is 16.9 Å². The van der Waals surface area contributed by atoms with Crippen LogP contribution in [0.25, 0.3) is 0 Å². The lowest BCUT2D eigenvalue weighted by molar-refractivity contribution is 0.681. The number of benzene rings is 1. The molecule has 0 aliphatic carbocycles. The SMILES string of the molecule is CCC(CC#N)c1cccc(Cl)c1. The zero-order valence-corrected chi connectivity index (χ0v) is 8.38. The molecule has 1 atom stereocenters. The molecular formula is C11H12ClN. The standard InChI is InChI=1S/C11H12ClN/c1-2-9(6-7-13)10-4-3-5-11(12)8-10/h3-5,8-9H,2,6H2,1H3. The van der Waals surface area contributed by atoms with Crippen LogP contribution in [0.1, 0.15) is 31.2 Å². The van der Waals surface area contributed by atoms with Crippen molar-refractivity contribution in [3.63, 3.8) is 0 Å². The summed E-state index contributed by atoms with van der Waals surface area (Å²) in [6.45, 7) is 2.09. The molecule has 0 heterocycles. The van der Waals surface area contributed by atoms with Crippen molar-refractivity contribution in [1.29, 1.82) is 5.26 Å². The van der Waals surface area contributed by atoms with Crippen LogP contribution in [0.15, 0.2) is 24.3 Å². The third-order valence-electron chi connectivity index (χ3n) is 2.15. The van der Waals surface area contributed by atoms with E-state index in [1.54, 1.807) is 0 Å². The Morgan fingerprint density at radius 3 is 2.85 bits per heavy atom. The minimum Gasteiger partial charge on any atom is -0.198 e. The monoisotopic (exact) mass is 193 g/mol.